The molecule has 1 unspecified atom stereocenters. The molecular formula is C22H22FN2O2+. The molecule has 0 heterocycles. The van der Waals surface area contributed by atoms with Crippen LogP contribution in [-0.4, -0.2) is 19.5 Å². The van der Waals surface area contributed by atoms with E-state index in [1.54, 1.807) is 12.1 Å². The maximum atomic E-state index is 13.3. The number of hydrogen-bond donors (Lipinski definition) is 2. The summed E-state index contributed by atoms with van der Waals surface area (Å²) in [6.45, 7) is 0.823. The van der Waals surface area contributed by atoms with Crippen LogP contribution in [0.4, 0.5) is 10.1 Å². The first-order chi connectivity index (χ1) is 13.1. The number of likely N-dealkylation sites (N-methyl/N-ethyl adjacent to an activating group) is 1. The largest absolute Gasteiger partial charge is 0.455 e. The smallest absolute Gasteiger partial charge is 0.279 e. The number of rotatable bonds is 7. The SMILES string of the molecule is C[NH+](CC(=O)Nc1ccccc1Oc1ccccc1)Cc1cccc(F)c1. The summed E-state index contributed by atoms with van der Waals surface area (Å²) in [6.07, 6.45) is 0. The molecule has 2 N–H and O–H groups in total. The van der Waals surface area contributed by atoms with Crippen LogP contribution in [0.2, 0.25) is 0 Å². The van der Waals surface area contributed by atoms with Crippen molar-refractivity contribution in [3.63, 3.8) is 0 Å². The molecular weight excluding hydrogens is 343 g/mol. The first-order valence-electron chi connectivity index (χ1n) is 8.77. The predicted molar refractivity (Wildman–Crippen MR) is 103 cm³/mol. The summed E-state index contributed by atoms with van der Waals surface area (Å²) < 4.78 is 19.1. The lowest BCUT2D eigenvalue weighted by Crippen LogP contribution is -3.08. The van der Waals surface area contributed by atoms with Gasteiger partial charge in [0, 0.05) is 5.56 Å². The van der Waals surface area contributed by atoms with Gasteiger partial charge in [0.25, 0.3) is 5.91 Å². The standard InChI is InChI=1S/C22H21FN2O2/c1-25(15-17-8-7-9-18(23)14-17)16-22(26)24-20-12-5-6-13-21(20)27-19-10-3-2-4-11-19/h2-14H,15-16H2,1H3,(H,24,26)/p+1. The Bertz CT molecular complexity index is 900. The number of carbonyl (C=O) groups is 1. The van der Waals surface area contributed by atoms with Gasteiger partial charge in [-0.1, -0.05) is 42.5 Å². The second-order valence-corrected chi connectivity index (χ2v) is 6.40. The van der Waals surface area contributed by atoms with Crippen LogP contribution >= 0.6 is 0 Å². The van der Waals surface area contributed by atoms with Crippen LogP contribution in [0.15, 0.2) is 78.9 Å². The lowest BCUT2D eigenvalue weighted by atomic mass is 10.2. The van der Waals surface area contributed by atoms with Crippen LogP contribution in [0.25, 0.3) is 0 Å². The number of carbonyl (C=O) groups excluding carboxylic acids is 1. The molecule has 0 aliphatic rings. The van der Waals surface area contributed by atoms with E-state index in [2.05, 4.69) is 5.32 Å². The van der Waals surface area contributed by atoms with E-state index in [1.807, 2.05) is 61.6 Å². The highest BCUT2D eigenvalue weighted by molar-refractivity contribution is 5.93. The van der Waals surface area contributed by atoms with Crippen LogP contribution in [0, 0.1) is 5.82 Å². The van der Waals surface area contributed by atoms with E-state index in [4.69, 9.17) is 4.74 Å². The quantitative estimate of drug-likeness (QED) is 0.675. The number of para-hydroxylation sites is 3. The molecule has 0 aliphatic carbocycles. The van der Waals surface area contributed by atoms with Crippen molar-refractivity contribution in [1.29, 1.82) is 0 Å². The first kappa shape index (κ1) is 18.6. The van der Waals surface area contributed by atoms with Gasteiger partial charge in [-0.25, -0.2) is 4.39 Å². The molecule has 3 aromatic carbocycles. The summed E-state index contributed by atoms with van der Waals surface area (Å²) in [5.41, 5.74) is 1.47. The number of nitrogens with one attached hydrogen (secondary N) is 2. The van der Waals surface area contributed by atoms with Gasteiger partial charge in [0.15, 0.2) is 12.3 Å². The lowest BCUT2D eigenvalue weighted by Gasteiger charge is -2.15. The highest BCUT2D eigenvalue weighted by Gasteiger charge is 2.13. The summed E-state index contributed by atoms with van der Waals surface area (Å²) >= 11 is 0. The predicted octanol–water partition coefficient (Wildman–Crippen LogP) is 3.27. The minimum absolute atomic E-state index is 0.131. The number of amides is 1. The second-order valence-electron chi connectivity index (χ2n) is 6.40. The van der Waals surface area contributed by atoms with Crippen molar-refractivity contribution in [2.24, 2.45) is 0 Å². The fraction of sp³-hybridized carbons (Fsp3) is 0.136. The fourth-order valence-electron chi connectivity index (χ4n) is 2.80. The molecule has 138 valence electrons. The van der Waals surface area contributed by atoms with Gasteiger partial charge < -0.3 is 15.0 Å². The van der Waals surface area contributed by atoms with Crippen LogP contribution < -0.4 is 15.0 Å². The fourth-order valence-corrected chi connectivity index (χ4v) is 2.80. The number of quaternary nitrogens is 1. The second kappa shape index (κ2) is 8.96. The maximum absolute atomic E-state index is 13.3. The van der Waals surface area contributed by atoms with E-state index < -0.39 is 0 Å². The summed E-state index contributed by atoms with van der Waals surface area (Å²) in [5.74, 6) is 0.887. The number of benzene rings is 3. The molecule has 3 aromatic rings. The number of halogens is 1. The molecule has 27 heavy (non-hydrogen) atoms. The topological polar surface area (TPSA) is 42.8 Å². The third-order valence-electron chi connectivity index (χ3n) is 3.99. The van der Waals surface area contributed by atoms with E-state index in [0.29, 0.717) is 23.7 Å². The number of ether oxygens (including phenoxy) is 1. The molecule has 3 rings (SSSR count). The highest BCUT2D eigenvalue weighted by atomic mass is 19.1. The maximum Gasteiger partial charge on any atom is 0.279 e. The molecule has 0 aromatic heterocycles. The van der Waals surface area contributed by atoms with Crippen LogP contribution in [0.5, 0.6) is 11.5 Å². The monoisotopic (exact) mass is 365 g/mol. The zero-order valence-electron chi connectivity index (χ0n) is 15.1. The Balaban J connectivity index is 1.60. The van der Waals surface area contributed by atoms with E-state index in [-0.39, 0.29) is 18.3 Å². The lowest BCUT2D eigenvalue weighted by molar-refractivity contribution is -0.885. The zero-order chi connectivity index (χ0) is 19.1. The van der Waals surface area contributed by atoms with Gasteiger partial charge in [0.05, 0.1) is 12.7 Å². The Morgan fingerprint density at radius 2 is 1.74 bits per heavy atom. The third-order valence-corrected chi connectivity index (χ3v) is 3.99. The normalized spacial score (nSPS) is 11.6. The van der Waals surface area contributed by atoms with Crippen molar-refractivity contribution in [2.75, 3.05) is 18.9 Å². The van der Waals surface area contributed by atoms with Crippen LogP contribution in [0.3, 0.4) is 0 Å². The first-order valence-corrected chi connectivity index (χ1v) is 8.77. The Kier molecular flexibility index (Phi) is 6.18. The summed E-state index contributed by atoms with van der Waals surface area (Å²) in [7, 11) is 1.90. The van der Waals surface area contributed by atoms with Crippen LogP contribution in [0.1, 0.15) is 5.56 Å². The van der Waals surface area contributed by atoms with E-state index in [0.717, 1.165) is 10.5 Å². The van der Waals surface area contributed by atoms with Gasteiger partial charge in [0.1, 0.15) is 18.1 Å². The Labute approximate surface area is 158 Å². The highest BCUT2D eigenvalue weighted by Crippen LogP contribution is 2.28. The molecule has 0 radical (unpaired) electrons. The molecule has 0 aliphatic heterocycles. The molecule has 5 heteroatoms. The molecule has 4 nitrogen and oxygen atoms in total. The Morgan fingerprint density at radius 3 is 2.52 bits per heavy atom. The zero-order valence-corrected chi connectivity index (χ0v) is 15.1. The van der Waals surface area contributed by atoms with Gasteiger partial charge in [0.2, 0.25) is 0 Å². The molecule has 1 atom stereocenters. The van der Waals surface area contributed by atoms with E-state index in [9.17, 15) is 9.18 Å². The van der Waals surface area contributed by atoms with Crippen molar-refractivity contribution in [3.05, 3.63) is 90.2 Å². The summed E-state index contributed by atoms with van der Waals surface area (Å²) in [6, 6.07) is 23.2. The molecule has 1 amide bonds. The molecule has 0 bridgehead atoms. The molecule has 0 saturated heterocycles. The molecule has 0 fully saturated rings. The van der Waals surface area contributed by atoms with Crippen molar-refractivity contribution in [1.82, 2.24) is 0 Å². The third kappa shape index (κ3) is 5.66. The number of hydrogen-bond acceptors (Lipinski definition) is 2. The molecule has 0 spiro atoms. The average molecular weight is 365 g/mol. The van der Waals surface area contributed by atoms with Crippen molar-refractivity contribution in [3.8, 4) is 11.5 Å². The van der Waals surface area contributed by atoms with E-state index in [1.165, 1.54) is 12.1 Å². The van der Waals surface area contributed by atoms with Crippen molar-refractivity contribution < 1.29 is 18.8 Å². The summed E-state index contributed by atoms with van der Waals surface area (Å²) in [5, 5.41) is 2.90. The van der Waals surface area contributed by atoms with Gasteiger partial charge >= 0.3 is 0 Å². The minimum Gasteiger partial charge on any atom is -0.455 e. The Morgan fingerprint density at radius 1 is 1.00 bits per heavy atom. The van der Waals surface area contributed by atoms with E-state index >= 15 is 0 Å². The van der Waals surface area contributed by atoms with Crippen LogP contribution in [-0.2, 0) is 11.3 Å². The number of anilines is 1. The molecule has 0 saturated carbocycles. The average Bonchev–Trinajstić information content (AvgIpc) is 2.64. The van der Waals surface area contributed by atoms with Gasteiger partial charge in [-0.15, -0.1) is 0 Å². The van der Waals surface area contributed by atoms with Gasteiger partial charge in [-0.3, -0.25) is 4.79 Å². The summed E-state index contributed by atoms with van der Waals surface area (Å²) in [4.78, 5) is 13.4. The Hall–Kier alpha value is -3.18. The van der Waals surface area contributed by atoms with Gasteiger partial charge in [-0.05, 0) is 36.4 Å². The van der Waals surface area contributed by atoms with Gasteiger partial charge in [-0.2, -0.15) is 0 Å². The minimum atomic E-state index is -0.267. The van der Waals surface area contributed by atoms with Crippen molar-refractivity contribution >= 4 is 11.6 Å². The van der Waals surface area contributed by atoms with Crippen molar-refractivity contribution in [2.45, 2.75) is 6.54 Å².